The van der Waals surface area contributed by atoms with Gasteiger partial charge in [-0.05, 0) is 42.5 Å². The van der Waals surface area contributed by atoms with E-state index in [1.54, 1.807) is 17.5 Å². The molecule has 1 aliphatic rings. The number of nitrogens with zero attached hydrogens (tertiary/aromatic N) is 1. The second-order valence-electron chi connectivity index (χ2n) is 5.70. The summed E-state index contributed by atoms with van der Waals surface area (Å²) in [6.45, 7) is 0.456. The van der Waals surface area contributed by atoms with Crippen molar-refractivity contribution in [1.29, 1.82) is 0 Å². The van der Waals surface area contributed by atoms with Gasteiger partial charge in [-0.25, -0.2) is 0 Å². The fourth-order valence-corrected chi connectivity index (χ4v) is 3.50. The lowest BCUT2D eigenvalue weighted by Crippen LogP contribution is -2.43. The minimum atomic E-state index is -4.48. The average molecular weight is 368 g/mol. The lowest BCUT2D eigenvalue weighted by molar-refractivity contribution is -0.137. The fourth-order valence-electron chi connectivity index (χ4n) is 2.82. The summed E-state index contributed by atoms with van der Waals surface area (Å²) in [6, 6.07) is 7.23. The zero-order valence-electron chi connectivity index (χ0n) is 13.0. The highest BCUT2D eigenvalue weighted by atomic mass is 32.1. The van der Waals surface area contributed by atoms with Gasteiger partial charge in [0.1, 0.15) is 6.04 Å². The number of nitrogens with one attached hydrogen (secondary N) is 1. The number of alkyl halides is 3. The molecule has 0 bridgehead atoms. The van der Waals surface area contributed by atoms with Gasteiger partial charge in [0, 0.05) is 12.2 Å². The SMILES string of the molecule is O=C(Nc1cccc(C(F)(F)F)c1)[C@@H]1CCCN1C(=O)c1cccs1. The molecular weight excluding hydrogens is 353 g/mol. The van der Waals surface area contributed by atoms with Gasteiger partial charge in [0.25, 0.3) is 5.91 Å². The fraction of sp³-hybridized carbons (Fsp3) is 0.294. The number of carbonyl (C=O) groups excluding carboxylic acids is 2. The maximum Gasteiger partial charge on any atom is 0.416 e. The molecule has 1 saturated heterocycles. The monoisotopic (exact) mass is 368 g/mol. The molecule has 8 heteroatoms. The molecule has 1 aromatic heterocycles. The van der Waals surface area contributed by atoms with Gasteiger partial charge in [-0.1, -0.05) is 12.1 Å². The van der Waals surface area contributed by atoms with E-state index in [9.17, 15) is 22.8 Å². The van der Waals surface area contributed by atoms with E-state index in [4.69, 9.17) is 0 Å². The molecule has 2 amide bonds. The van der Waals surface area contributed by atoms with Crippen molar-refractivity contribution in [3.05, 3.63) is 52.2 Å². The summed E-state index contributed by atoms with van der Waals surface area (Å²) in [6.07, 6.45) is -3.31. The smallest absolute Gasteiger partial charge is 0.326 e. The number of amides is 2. The van der Waals surface area contributed by atoms with Gasteiger partial charge >= 0.3 is 6.18 Å². The molecule has 132 valence electrons. The Morgan fingerprint density at radius 2 is 2.00 bits per heavy atom. The van der Waals surface area contributed by atoms with Crippen LogP contribution in [0.2, 0.25) is 0 Å². The van der Waals surface area contributed by atoms with E-state index < -0.39 is 23.7 Å². The Hall–Kier alpha value is -2.35. The van der Waals surface area contributed by atoms with Crippen LogP contribution in [0, 0.1) is 0 Å². The molecule has 0 unspecified atom stereocenters. The summed E-state index contributed by atoms with van der Waals surface area (Å²) in [4.78, 5) is 27.0. The maximum atomic E-state index is 12.8. The van der Waals surface area contributed by atoms with Crippen molar-refractivity contribution < 1.29 is 22.8 Å². The van der Waals surface area contributed by atoms with Crippen molar-refractivity contribution in [2.75, 3.05) is 11.9 Å². The second kappa shape index (κ2) is 6.87. The first-order valence-electron chi connectivity index (χ1n) is 7.69. The van der Waals surface area contributed by atoms with Crippen molar-refractivity contribution in [3.63, 3.8) is 0 Å². The van der Waals surface area contributed by atoms with Gasteiger partial charge in [0.15, 0.2) is 0 Å². The lowest BCUT2D eigenvalue weighted by atomic mass is 10.1. The number of likely N-dealkylation sites (tertiary alicyclic amines) is 1. The van der Waals surface area contributed by atoms with E-state index in [0.717, 1.165) is 12.1 Å². The molecule has 0 saturated carbocycles. The van der Waals surface area contributed by atoms with Crippen LogP contribution in [0.15, 0.2) is 41.8 Å². The highest BCUT2D eigenvalue weighted by Gasteiger charge is 2.35. The highest BCUT2D eigenvalue weighted by molar-refractivity contribution is 7.12. The molecule has 1 fully saturated rings. The van der Waals surface area contributed by atoms with Crippen LogP contribution in [0.3, 0.4) is 0 Å². The quantitative estimate of drug-likeness (QED) is 0.890. The number of anilines is 1. The number of rotatable bonds is 3. The largest absolute Gasteiger partial charge is 0.416 e. The number of thiophene rings is 1. The van der Waals surface area contributed by atoms with E-state index in [1.807, 2.05) is 0 Å². The van der Waals surface area contributed by atoms with Crippen molar-refractivity contribution >= 4 is 28.8 Å². The molecule has 1 aliphatic heterocycles. The van der Waals surface area contributed by atoms with Gasteiger partial charge in [-0.15, -0.1) is 11.3 Å². The minimum Gasteiger partial charge on any atom is -0.326 e. The third-order valence-electron chi connectivity index (χ3n) is 4.01. The van der Waals surface area contributed by atoms with Crippen molar-refractivity contribution in [2.24, 2.45) is 0 Å². The molecule has 3 rings (SSSR count). The number of hydrogen-bond acceptors (Lipinski definition) is 3. The molecule has 0 spiro atoms. The number of carbonyl (C=O) groups is 2. The third-order valence-corrected chi connectivity index (χ3v) is 4.86. The standard InChI is InChI=1S/C17H15F3N2O2S/c18-17(19,20)11-4-1-5-12(10-11)21-15(23)13-6-2-8-22(13)16(24)14-7-3-9-25-14/h1,3-5,7,9-10,13H,2,6,8H2,(H,21,23)/t13-/m0/s1. The normalized spacial score (nSPS) is 17.6. The second-order valence-corrected chi connectivity index (χ2v) is 6.65. The van der Waals surface area contributed by atoms with Gasteiger partial charge in [0.05, 0.1) is 10.4 Å². The molecule has 1 aromatic carbocycles. The molecule has 0 aliphatic carbocycles. The topological polar surface area (TPSA) is 49.4 Å². The molecule has 1 atom stereocenters. The van der Waals surface area contributed by atoms with E-state index >= 15 is 0 Å². The number of benzene rings is 1. The van der Waals surface area contributed by atoms with Gasteiger partial charge in [0.2, 0.25) is 5.91 Å². The van der Waals surface area contributed by atoms with E-state index in [-0.39, 0.29) is 11.6 Å². The van der Waals surface area contributed by atoms with Gasteiger partial charge < -0.3 is 10.2 Å². The van der Waals surface area contributed by atoms with E-state index in [2.05, 4.69) is 5.32 Å². The van der Waals surface area contributed by atoms with Gasteiger partial charge in [-0.2, -0.15) is 13.2 Å². The zero-order chi connectivity index (χ0) is 18.0. The Balaban J connectivity index is 1.73. The summed E-state index contributed by atoms with van der Waals surface area (Å²) < 4.78 is 38.3. The van der Waals surface area contributed by atoms with Crippen LogP contribution in [-0.4, -0.2) is 29.3 Å². The highest BCUT2D eigenvalue weighted by Crippen LogP contribution is 2.31. The zero-order valence-corrected chi connectivity index (χ0v) is 13.9. The molecular formula is C17H15F3N2O2S. The first-order valence-corrected chi connectivity index (χ1v) is 8.57. The van der Waals surface area contributed by atoms with E-state index in [0.29, 0.717) is 24.3 Å². The van der Waals surface area contributed by atoms with Crippen LogP contribution in [0.4, 0.5) is 18.9 Å². The summed E-state index contributed by atoms with van der Waals surface area (Å²) in [7, 11) is 0. The van der Waals surface area contributed by atoms with Crippen LogP contribution in [0.25, 0.3) is 0 Å². The van der Waals surface area contributed by atoms with Crippen LogP contribution in [-0.2, 0) is 11.0 Å². The molecule has 0 radical (unpaired) electrons. The van der Waals surface area contributed by atoms with E-state index in [1.165, 1.54) is 28.4 Å². The number of halogens is 3. The van der Waals surface area contributed by atoms with Crippen molar-refractivity contribution in [2.45, 2.75) is 25.1 Å². The first-order chi connectivity index (χ1) is 11.9. The Morgan fingerprint density at radius 1 is 1.20 bits per heavy atom. The Labute approximate surface area is 146 Å². The predicted octanol–water partition coefficient (Wildman–Crippen LogP) is 4.01. The Morgan fingerprint density at radius 3 is 2.68 bits per heavy atom. The van der Waals surface area contributed by atoms with Crippen LogP contribution in [0.1, 0.15) is 28.1 Å². The molecule has 2 aromatic rings. The average Bonchev–Trinajstić information content (AvgIpc) is 3.25. The lowest BCUT2D eigenvalue weighted by Gasteiger charge is -2.23. The molecule has 2 heterocycles. The third kappa shape index (κ3) is 3.84. The summed E-state index contributed by atoms with van der Waals surface area (Å²) in [5.41, 5.74) is -0.765. The predicted molar refractivity (Wildman–Crippen MR) is 88.5 cm³/mol. The Bertz CT molecular complexity index is 774. The van der Waals surface area contributed by atoms with Crippen LogP contribution >= 0.6 is 11.3 Å². The summed E-state index contributed by atoms with van der Waals surface area (Å²) >= 11 is 1.29. The van der Waals surface area contributed by atoms with Crippen LogP contribution < -0.4 is 5.32 Å². The van der Waals surface area contributed by atoms with Crippen molar-refractivity contribution in [3.8, 4) is 0 Å². The molecule has 4 nitrogen and oxygen atoms in total. The number of hydrogen-bond donors (Lipinski definition) is 1. The molecule has 1 N–H and O–H groups in total. The Kier molecular flexibility index (Phi) is 4.80. The van der Waals surface area contributed by atoms with Crippen molar-refractivity contribution in [1.82, 2.24) is 4.90 Å². The molecule has 25 heavy (non-hydrogen) atoms. The summed E-state index contributed by atoms with van der Waals surface area (Å²) in [5, 5.41) is 4.28. The minimum absolute atomic E-state index is 0.0650. The van der Waals surface area contributed by atoms with Crippen LogP contribution in [0.5, 0.6) is 0 Å². The summed E-state index contributed by atoms with van der Waals surface area (Å²) in [5.74, 6) is -0.696. The maximum absolute atomic E-state index is 12.8. The first kappa shape index (κ1) is 17.5. The van der Waals surface area contributed by atoms with Gasteiger partial charge in [-0.3, -0.25) is 9.59 Å².